The maximum absolute atomic E-state index is 9.40. The van der Waals surface area contributed by atoms with Gasteiger partial charge >= 0.3 is 0 Å². The van der Waals surface area contributed by atoms with E-state index in [1.54, 1.807) is 11.3 Å². The van der Waals surface area contributed by atoms with Crippen molar-refractivity contribution in [3.63, 3.8) is 0 Å². The number of nitrogens with one attached hydrogen (secondary N) is 1. The van der Waals surface area contributed by atoms with Gasteiger partial charge in [0.15, 0.2) is 5.13 Å². The Bertz CT molecular complexity index is 286. The highest BCUT2D eigenvalue weighted by molar-refractivity contribution is 7.13. The molecule has 0 atom stereocenters. The zero-order valence-corrected chi connectivity index (χ0v) is 10.5. The average molecular weight is 228 g/mol. The van der Waals surface area contributed by atoms with Crippen LogP contribution >= 0.6 is 11.3 Å². The third kappa shape index (κ3) is 3.18. The van der Waals surface area contributed by atoms with E-state index < -0.39 is 0 Å². The second kappa shape index (κ2) is 5.47. The number of aliphatic hydroxyl groups excluding tert-OH is 1. The van der Waals surface area contributed by atoms with E-state index >= 15 is 0 Å². The maximum Gasteiger partial charge on any atom is 0.182 e. The van der Waals surface area contributed by atoms with E-state index in [2.05, 4.69) is 24.1 Å². The number of anilines is 1. The molecule has 0 aliphatic carbocycles. The van der Waals surface area contributed by atoms with Crippen LogP contribution < -0.4 is 5.32 Å². The van der Waals surface area contributed by atoms with Crippen molar-refractivity contribution in [3.05, 3.63) is 11.1 Å². The lowest BCUT2D eigenvalue weighted by molar-refractivity contribution is 0.127. The summed E-state index contributed by atoms with van der Waals surface area (Å²) in [6, 6.07) is 0. The van der Waals surface area contributed by atoms with E-state index in [-0.39, 0.29) is 12.0 Å². The molecular weight excluding hydrogens is 208 g/mol. The smallest absolute Gasteiger partial charge is 0.182 e. The van der Waals surface area contributed by atoms with E-state index in [4.69, 9.17) is 0 Å². The van der Waals surface area contributed by atoms with Gasteiger partial charge in [0.25, 0.3) is 0 Å². The number of aliphatic hydroxyl groups is 1. The van der Waals surface area contributed by atoms with E-state index in [9.17, 15) is 5.11 Å². The lowest BCUT2D eigenvalue weighted by Gasteiger charge is -2.29. The van der Waals surface area contributed by atoms with Crippen LogP contribution in [0.4, 0.5) is 5.13 Å². The monoisotopic (exact) mass is 228 g/mol. The molecule has 4 heteroatoms. The Morgan fingerprint density at radius 1 is 1.47 bits per heavy atom. The van der Waals surface area contributed by atoms with Crippen molar-refractivity contribution in [1.29, 1.82) is 0 Å². The van der Waals surface area contributed by atoms with E-state index in [0.29, 0.717) is 0 Å². The molecule has 0 radical (unpaired) electrons. The van der Waals surface area contributed by atoms with Gasteiger partial charge in [-0.2, -0.15) is 0 Å². The highest BCUT2D eigenvalue weighted by atomic mass is 32.1. The molecule has 0 aromatic carbocycles. The molecular formula is C11H20N2OS. The zero-order chi connectivity index (χ0) is 11.3. The minimum absolute atomic E-state index is 0.000422. The van der Waals surface area contributed by atoms with Crippen molar-refractivity contribution in [3.8, 4) is 0 Å². The van der Waals surface area contributed by atoms with Crippen LogP contribution in [-0.2, 0) is 0 Å². The van der Waals surface area contributed by atoms with Gasteiger partial charge < -0.3 is 10.4 Å². The molecule has 0 aliphatic heterocycles. The summed E-state index contributed by atoms with van der Waals surface area (Å²) in [5, 5.41) is 15.7. The number of thiazole rings is 1. The predicted octanol–water partition coefficient (Wildman–Crippen LogP) is 2.66. The van der Waals surface area contributed by atoms with Crippen LogP contribution in [0.15, 0.2) is 5.38 Å². The summed E-state index contributed by atoms with van der Waals surface area (Å²) in [4.78, 5) is 4.34. The standard InChI is InChI=1S/C11H20N2OS/c1-4-11(5-2,8-14)7-12-10-13-9(3)6-15-10/h6,14H,4-5,7-8H2,1-3H3,(H,12,13). The summed E-state index contributed by atoms with van der Waals surface area (Å²) < 4.78 is 0. The van der Waals surface area contributed by atoms with Crippen molar-refractivity contribution < 1.29 is 5.11 Å². The van der Waals surface area contributed by atoms with Crippen LogP contribution in [0.1, 0.15) is 32.4 Å². The van der Waals surface area contributed by atoms with Gasteiger partial charge in [-0.05, 0) is 19.8 Å². The van der Waals surface area contributed by atoms with Gasteiger partial charge in [0, 0.05) is 17.3 Å². The molecule has 15 heavy (non-hydrogen) atoms. The third-order valence-corrected chi connectivity index (χ3v) is 3.99. The van der Waals surface area contributed by atoms with E-state index in [0.717, 1.165) is 30.2 Å². The summed E-state index contributed by atoms with van der Waals surface area (Å²) in [6.07, 6.45) is 1.97. The Kier molecular flexibility index (Phi) is 4.54. The first kappa shape index (κ1) is 12.5. The Morgan fingerprint density at radius 3 is 2.53 bits per heavy atom. The van der Waals surface area contributed by atoms with Crippen molar-refractivity contribution >= 4 is 16.5 Å². The second-order valence-electron chi connectivity index (χ2n) is 4.01. The average Bonchev–Trinajstić information content (AvgIpc) is 2.67. The van der Waals surface area contributed by atoms with Gasteiger partial charge in [-0.3, -0.25) is 0 Å². The first-order valence-corrected chi connectivity index (χ1v) is 6.30. The molecule has 0 bridgehead atoms. The SMILES string of the molecule is CCC(CC)(CO)CNc1nc(C)cs1. The Labute approximate surface area is 95.6 Å². The highest BCUT2D eigenvalue weighted by Crippen LogP contribution is 2.26. The van der Waals surface area contributed by atoms with Crippen LogP contribution in [0.5, 0.6) is 0 Å². The van der Waals surface area contributed by atoms with Crippen LogP contribution in [0.3, 0.4) is 0 Å². The highest BCUT2D eigenvalue weighted by Gasteiger charge is 2.25. The lowest BCUT2D eigenvalue weighted by atomic mass is 9.83. The molecule has 0 fully saturated rings. The number of rotatable bonds is 6. The summed E-state index contributed by atoms with van der Waals surface area (Å²) in [7, 11) is 0. The molecule has 3 nitrogen and oxygen atoms in total. The fraction of sp³-hybridized carbons (Fsp3) is 0.727. The summed E-state index contributed by atoms with van der Waals surface area (Å²) >= 11 is 1.62. The number of nitrogens with zero attached hydrogens (tertiary/aromatic N) is 1. The van der Waals surface area contributed by atoms with Gasteiger partial charge in [-0.25, -0.2) is 4.98 Å². The molecule has 0 unspecified atom stereocenters. The van der Waals surface area contributed by atoms with Crippen LogP contribution in [0.2, 0.25) is 0 Å². The lowest BCUT2D eigenvalue weighted by Crippen LogP contribution is -2.32. The normalized spacial score (nSPS) is 11.7. The molecule has 0 aliphatic rings. The molecule has 2 N–H and O–H groups in total. The van der Waals surface area contributed by atoms with E-state index in [1.165, 1.54) is 0 Å². The molecule has 1 rings (SSSR count). The van der Waals surface area contributed by atoms with Crippen LogP contribution in [0.25, 0.3) is 0 Å². The molecule has 0 spiro atoms. The fourth-order valence-electron chi connectivity index (χ4n) is 1.48. The van der Waals surface area contributed by atoms with E-state index in [1.807, 2.05) is 12.3 Å². The fourth-order valence-corrected chi connectivity index (χ4v) is 2.16. The second-order valence-corrected chi connectivity index (χ2v) is 4.87. The Balaban J connectivity index is 2.54. The van der Waals surface area contributed by atoms with Gasteiger partial charge in [-0.1, -0.05) is 13.8 Å². The van der Waals surface area contributed by atoms with Crippen molar-refractivity contribution in [2.24, 2.45) is 5.41 Å². The van der Waals surface area contributed by atoms with Gasteiger partial charge in [0.2, 0.25) is 0 Å². The zero-order valence-electron chi connectivity index (χ0n) is 9.71. The molecule has 1 heterocycles. The van der Waals surface area contributed by atoms with Crippen LogP contribution in [-0.4, -0.2) is 23.2 Å². The van der Waals surface area contributed by atoms with Gasteiger partial charge in [0.05, 0.1) is 12.3 Å². The van der Waals surface area contributed by atoms with Crippen LogP contribution in [0, 0.1) is 12.3 Å². The number of aryl methyl sites for hydroxylation is 1. The van der Waals surface area contributed by atoms with Crippen molar-refractivity contribution in [2.75, 3.05) is 18.5 Å². The number of aromatic nitrogens is 1. The molecule has 0 saturated heterocycles. The Morgan fingerprint density at radius 2 is 2.13 bits per heavy atom. The third-order valence-electron chi connectivity index (χ3n) is 3.07. The minimum atomic E-state index is -0.000422. The van der Waals surface area contributed by atoms with Crippen molar-refractivity contribution in [2.45, 2.75) is 33.6 Å². The first-order valence-electron chi connectivity index (χ1n) is 5.42. The number of hydrogen-bond donors (Lipinski definition) is 2. The van der Waals surface area contributed by atoms with Crippen molar-refractivity contribution in [1.82, 2.24) is 4.98 Å². The van der Waals surface area contributed by atoms with Gasteiger partial charge in [0.1, 0.15) is 0 Å². The summed E-state index contributed by atoms with van der Waals surface area (Å²) in [5.74, 6) is 0. The maximum atomic E-state index is 9.40. The molecule has 0 amide bonds. The largest absolute Gasteiger partial charge is 0.396 e. The first-order chi connectivity index (χ1) is 7.15. The summed E-state index contributed by atoms with van der Waals surface area (Å²) in [6.45, 7) is 7.25. The quantitative estimate of drug-likeness (QED) is 0.787. The molecule has 1 aromatic heterocycles. The molecule has 1 aromatic rings. The topological polar surface area (TPSA) is 45.1 Å². The molecule has 86 valence electrons. The molecule has 0 saturated carbocycles. The van der Waals surface area contributed by atoms with Gasteiger partial charge in [-0.15, -0.1) is 11.3 Å². The minimum Gasteiger partial charge on any atom is -0.396 e. The summed E-state index contributed by atoms with van der Waals surface area (Å²) in [5.41, 5.74) is 1.05. The number of hydrogen-bond acceptors (Lipinski definition) is 4. The predicted molar refractivity (Wildman–Crippen MR) is 65.4 cm³/mol. The Hall–Kier alpha value is -0.610.